The zero-order chi connectivity index (χ0) is 24.7. The van der Waals surface area contributed by atoms with Crippen LogP contribution in [0.15, 0.2) is 6.33 Å². The van der Waals surface area contributed by atoms with Gasteiger partial charge in [-0.25, -0.2) is 19.9 Å². The quantitative estimate of drug-likeness (QED) is 0.411. The molecule has 0 atom stereocenters. The van der Waals surface area contributed by atoms with E-state index in [2.05, 4.69) is 72.9 Å². The van der Waals surface area contributed by atoms with E-state index in [0.717, 1.165) is 61.7 Å². The van der Waals surface area contributed by atoms with Crippen molar-refractivity contribution in [2.45, 2.75) is 64.3 Å². The van der Waals surface area contributed by atoms with Crippen LogP contribution in [0.5, 0.6) is 0 Å². The summed E-state index contributed by atoms with van der Waals surface area (Å²) in [5.74, 6) is 3.99. The maximum absolute atomic E-state index is 13.0. The molecule has 184 valence electrons. The third-order valence-corrected chi connectivity index (χ3v) is 8.48. The molecular weight excluding hydrogens is 476 g/mol. The molecule has 0 spiro atoms. The van der Waals surface area contributed by atoms with Crippen molar-refractivity contribution in [3.05, 3.63) is 22.7 Å². The van der Waals surface area contributed by atoms with Crippen molar-refractivity contribution in [2.75, 3.05) is 24.6 Å². The van der Waals surface area contributed by atoms with E-state index in [1.165, 1.54) is 4.88 Å². The van der Waals surface area contributed by atoms with Crippen molar-refractivity contribution < 1.29 is 4.79 Å². The first-order chi connectivity index (χ1) is 16.7. The minimum absolute atomic E-state index is 0.0116. The SMILES string of the molecule is CN1CCc2nc(NC(=O)[C@H]3CC[C@@H](n4cnc5c(N)nc(C#C[Si](C)(C)C)nc54)CC3)sc2C1. The summed E-state index contributed by atoms with van der Waals surface area (Å²) in [6.07, 6.45) is 6.13. The topological polar surface area (TPSA) is 115 Å². The molecule has 9 nitrogen and oxygen atoms in total. The van der Waals surface area contributed by atoms with E-state index in [0.29, 0.717) is 17.2 Å². The Morgan fingerprint density at radius 3 is 2.71 bits per heavy atom. The first-order valence-electron chi connectivity index (χ1n) is 12.2. The summed E-state index contributed by atoms with van der Waals surface area (Å²) in [7, 11) is 0.560. The first-order valence-corrected chi connectivity index (χ1v) is 16.5. The number of amides is 1. The molecule has 3 N–H and O–H groups in total. The average molecular weight is 509 g/mol. The van der Waals surface area contributed by atoms with Crippen molar-refractivity contribution in [1.82, 2.24) is 29.4 Å². The average Bonchev–Trinajstić information content (AvgIpc) is 3.41. The Morgan fingerprint density at radius 2 is 1.97 bits per heavy atom. The Kier molecular flexibility index (Phi) is 6.37. The number of likely N-dealkylation sites (N-methyl/N-ethyl adjacent to an activating group) is 1. The second kappa shape index (κ2) is 9.33. The second-order valence-electron chi connectivity index (χ2n) is 10.6. The van der Waals surface area contributed by atoms with Gasteiger partial charge in [0.05, 0.1) is 12.0 Å². The van der Waals surface area contributed by atoms with E-state index in [9.17, 15) is 4.79 Å². The third-order valence-electron chi connectivity index (χ3n) is 6.61. The van der Waals surface area contributed by atoms with E-state index in [1.54, 1.807) is 17.7 Å². The number of nitrogens with zero attached hydrogens (tertiary/aromatic N) is 6. The Labute approximate surface area is 210 Å². The molecule has 35 heavy (non-hydrogen) atoms. The number of anilines is 2. The molecule has 1 saturated carbocycles. The fourth-order valence-corrected chi connectivity index (χ4v) is 6.28. The second-order valence-corrected chi connectivity index (χ2v) is 16.5. The van der Waals surface area contributed by atoms with Crippen molar-refractivity contribution >= 4 is 47.4 Å². The Balaban J connectivity index is 1.26. The lowest BCUT2D eigenvalue weighted by atomic mass is 9.85. The van der Waals surface area contributed by atoms with Crippen LogP contribution in [0.4, 0.5) is 10.9 Å². The monoisotopic (exact) mass is 508 g/mol. The lowest BCUT2D eigenvalue weighted by Crippen LogP contribution is -2.28. The predicted octanol–water partition coefficient (Wildman–Crippen LogP) is 3.45. The number of hydrogen-bond donors (Lipinski definition) is 2. The lowest BCUT2D eigenvalue weighted by molar-refractivity contribution is -0.120. The van der Waals surface area contributed by atoms with Gasteiger partial charge in [0.1, 0.15) is 13.6 Å². The molecule has 0 bridgehead atoms. The Bertz CT molecular complexity index is 1320. The first kappa shape index (κ1) is 23.9. The summed E-state index contributed by atoms with van der Waals surface area (Å²) in [6.45, 7) is 8.47. The van der Waals surface area contributed by atoms with Crippen molar-refractivity contribution in [3.63, 3.8) is 0 Å². The molecular formula is C24H32N8OSSi. The minimum Gasteiger partial charge on any atom is -0.382 e. The molecule has 0 radical (unpaired) electrons. The number of aromatic nitrogens is 5. The zero-order valence-electron chi connectivity index (χ0n) is 20.8. The summed E-state index contributed by atoms with van der Waals surface area (Å²) in [5, 5.41) is 3.82. The summed E-state index contributed by atoms with van der Waals surface area (Å²) in [4.78, 5) is 34.7. The van der Waals surface area contributed by atoms with Crippen molar-refractivity contribution in [1.29, 1.82) is 0 Å². The molecule has 1 aliphatic carbocycles. The summed E-state index contributed by atoms with van der Waals surface area (Å²) < 4.78 is 2.09. The van der Waals surface area contributed by atoms with Gasteiger partial charge in [-0.3, -0.25) is 4.79 Å². The van der Waals surface area contributed by atoms with Gasteiger partial charge in [0.2, 0.25) is 11.7 Å². The maximum atomic E-state index is 13.0. The molecule has 0 saturated heterocycles. The number of imidazole rings is 1. The van der Waals surface area contributed by atoms with Gasteiger partial charge in [-0.1, -0.05) is 19.6 Å². The van der Waals surface area contributed by atoms with Crippen LogP contribution in [-0.4, -0.2) is 57.0 Å². The molecule has 5 rings (SSSR count). The van der Waals surface area contributed by atoms with Crippen LogP contribution in [0, 0.1) is 17.4 Å². The van der Waals surface area contributed by atoms with Crippen molar-refractivity contribution in [3.8, 4) is 11.5 Å². The van der Waals surface area contributed by atoms with E-state index >= 15 is 0 Å². The zero-order valence-corrected chi connectivity index (χ0v) is 22.6. The molecule has 3 aromatic rings. The number of carbonyl (C=O) groups is 1. The molecule has 2 aliphatic rings. The predicted molar refractivity (Wildman–Crippen MR) is 142 cm³/mol. The molecule has 1 aliphatic heterocycles. The van der Waals surface area contributed by atoms with Crippen LogP contribution >= 0.6 is 11.3 Å². The molecule has 0 aromatic carbocycles. The van der Waals surface area contributed by atoms with Gasteiger partial charge < -0.3 is 20.5 Å². The third kappa shape index (κ3) is 5.24. The van der Waals surface area contributed by atoms with Crippen LogP contribution in [-0.2, 0) is 17.8 Å². The van der Waals surface area contributed by atoms with Gasteiger partial charge in [-0.05, 0) is 38.7 Å². The van der Waals surface area contributed by atoms with Crippen LogP contribution in [0.1, 0.15) is 48.1 Å². The van der Waals surface area contributed by atoms with Crippen molar-refractivity contribution in [2.24, 2.45) is 5.92 Å². The number of nitrogens with one attached hydrogen (secondary N) is 1. The van der Waals surface area contributed by atoms with Crippen LogP contribution in [0.25, 0.3) is 11.2 Å². The van der Waals surface area contributed by atoms with Gasteiger partial charge in [0.25, 0.3) is 0 Å². The van der Waals surface area contributed by atoms with Crippen LogP contribution < -0.4 is 11.1 Å². The molecule has 1 amide bonds. The van der Waals surface area contributed by atoms with Gasteiger partial charge in [0.15, 0.2) is 16.6 Å². The number of carbonyl (C=O) groups excluding carboxylic acids is 1. The number of fused-ring (bicyclic) bond motifs is 2. The highest BCUT2D eigenvalue weighted by atomic mass is 32.1. The molecule has 11 heteroatoms. The van der Waals surface area contributed by atoms with E-state index in [1.807, 2.05) is 0 Å². The van der Waals surface area contributed by atoms with Crippen LogP contribution in [0.2, 0.25) is 19.6 Å². The highest BCUT2D eigenvalue weighted by Gasteiger charge is 2.29. The number of rotatable bonds is 3. The molecule has 3 aromatic heterocycles. The standard InChI is InChI=1S/C24H32N8OSSi/c1-31-11-9-17-18(13-31)34-24(27-17)30-23(33)15-5-7-16(8-6-15)32-14-26-20-21(25)28-19(29-22(20)32)10-12-35(2,3)4/h14-16H,5-9,11,13H2,1-4H3,(H2,25,28,29)(H,27,30,33)/t15-,16+. The van der Waals surface area contributed by atoms with Crippen LogP contribution in [0.3, 0.4) is 0 Å². The number of nitrogens with two attached hydrogens (primary N) is 1. The fourth-order valence-electron chi connectivity index (χ4n) is 4.71. The molecule has 4 heterocycles. The largest absolute Gasteiger partial charge is 0.382 e. The van der Waals surface area contributed by atoms with Gasteiger partial charge >= 0.3 is 0 Å². The van der Waals surface area contributed by atoms with Gasteiger partial charge in [-0.2, -0.15) is 0 Å². The lowest BCUT2D eigenvalue weighted by Gasteiger charge is -2.28. The fraction of sp³-hybridized carbons (Fsp3) is 0.542. The van der Waals surface area contributed by atoms with E-state index < -0.39 is 8.07 Å². The van der Waals surface area contributed by atoms with Gasteiger partial charge in [0, 0.05) is 36.3 Å². The summed E-state index contributed by atoms with van der Waals surface area (Å²) in [5.41, 5.74) is 12.0. The highest BCUT2D eigenvalue weighted by molar-refractivity contribution is 7.15. The Morgan fingerprint density at radius 1 is 1.20 bits per heavy atom. The number of thiazole rings is 1. The number of nitrogen functional groups attached to an aromatic ring is 1. The minimum atomic E-state index is -1.56. The smallest absolute Gasteiger partial charge is 0.229 e. The number of hydrogen-bond acceptors (Lipinski definition) is 8. The maximum Gasteiger partial charge on any atom is 0.229 e. The molecule has 0 unspecified atom stereocenters. The Hall–Kier alpha value is -2.81. The van der Waals surface area contributed by atoms with Gasteiger partial charge in [-0.15, -0.1) is 16.9 Å². The molecule has 1 fully saturated rings. The highest BCUT2D eigenvalue weighted by Crippen LogP contribution is 2.35. The summed E-state index contributed by atoms with van der Waals surface area (Å²) in [6, 6.07) is 0.221. The van der Waals surface area contributed by atoms with E-state index in [-0.39, 0.29) is 17.9 Å². The van der Waals surface area contributed by atoms with E-state index in [4.69, 9.17) is 5.73 Å². The normalized spacial score (nSPS) is 20.8. The summed E-state index contributed by atoms with van der Waals surface area (Å²) >= 11 is 1.61.